The van der Waals surface area contributed by atoms with E-state index >= 15 is 0 Å². The molecule has 3 rings (SSSR count). The lowest BCUT2D eigenvalue weighted by Crippen LogP contribution is -2.51. The number of hydrogen-bond donors (Lipinski definition) is 1. The summed E-state index contributed by atoms with van der Waals surface area (Å²) in [5.41, 5.74) is 6.39. The van der Waals surface area contributed by atoms with Gasteiger partial charge >= 0.3 is 0 Å². The first-order chi connectivity index (χ1) is 9.60. The second-order valence-corrected chi connectivity index (χ2v) is 6.09. The molecule has 1 aromatic heterocycles. The maximum atomic E-state index is 12.9. The molecule has 2 atom stereocenters. The quantitative estimate of drug-likeness (QED) is 0.850. The van der Waals surface area contributed by atoms with E-state index in [-0.39, 0.29) is 5.78 Å². The third kappa shape index (κ3) is 2.22. The minimum absolute atomic E-state index is 0.0494. The highest BCUT2D eigenvalue weighted by Crippen LogP contribution is 2.34. The zero-order valence-corrected chi connectivity index (χ0v) is 11.8. The van der Waals surface area contributed by atoms with Gasteiger partial charge in [0.05, 0.1) is 5.54 Å². The van der Waals surface area contributed by atoms with E-state index in [0.717, 1.165) is 30.0 Å². The third-order valence-corrected chi connectivity index (χ3v) is 4.40. The number of carbonyl (C=O) groups excluding carboxylic acids is 1. The molecule has 1 aromatic carbocycles. The van der Waals surface area contributed by atoms with Crippen molar-refractivity contribution in [2.24, 2.45) is 11.7 Å². The fraction of sp³-hybridized carbons (Fsp3) is 0.412. The van der Waals surface area contributed by atoms with Crippen LogP contribution in [-0.2, 0) is 0 Å². The molecule has 0 amide bonds. The normalized spacial score (nSPS) is 26.6. The molecule has 2 unspecified atom stereocenters. The Kier molecular flexibility index (Phi) is 3.30. The van der Waals surface area contributed by atoms with Crippen molar-refractivity contribution < 1.29 is 4.79 Å². The van der Waals surface area contributed by atoms with E-state index in [1.807, 2.05) is 24.3 Å². The fourth-order valence-electron chi connectivity index (χ4n) is 3.36. The Hall–Kier alpha value is -1.74. The van der Waals surface area contributed by atoms with Gasteiger partial charge in [0.25, 0.3) is 0 Å². The van der Waals surface area contributed by atoms with Crippen LogP contribution in [0.4, 0.5) is 0 Å². The van der Waals surface area contributed by atoms with Crippen molar-refractivity contribution in [2.45, 2.75) is 38.1 Å². The minimum atomic E-state index is -0.719. The Morgan fingerprint density at radius 2 is 2.15 bits per heavy atom. The molecule has 1 saturated carbocycles. The first kappa shape index (κ1) is 13.3. The summed E-state index contributed by atoms with van der Waals surface area (Å²) >= 11 is 0. The molecule has 3 nitrogen and oxygen atoms in total. The van der Waals surface area contributed by atoms with E-state index in [1.54, 1.807) is 12.4 Å². The van der Waals surface area contributed by atoms with Crippen LogP contribution in [0.3, 0.4) is 0 Å². The number of benzene rings is 1. The van der Waals surface area contributed by atoms with Crippen LogP contribution in [0.5, 0.6) is 0 Å². The maximum absolute atomic E-state index is 12.9. The fourth-order valence-corrected chi connectivity index (χ4v) is 3.36. The summed E-state index contributed by atoms with van der Waals surface area (Å²) in [5, 5.41) is 1.95. The molecule has 0 aliphatic heterocycles. The topological polar surface area (TPSA) is 56.0 Å². The highest BCUT2D eigenvalue weighted by Gasteiger charge is 2.38. The molecule has 1 heterocycles. The number of Topliss-reactive ketones (excluding diaryl/α,β-unsaturated/α-hetero) is 1. The predicted octanol–water partition coefficient (Wildman–Crippen LogP) is 3.33. The lowest BCUT2D eigenvalue weighted by atomic mass is 9.73. The Labute approximate surface area is 119 Å². The number of aromatic nitrogens is 1. The molecular weight excluding hydrogens is 248 g/mol. The second kappa shape index (κ2) is 4.98. The van der Waals surface area contributed by atoms with Gasteiger partial charge in [0, 0.05) is 23.3 Å². The zero-order valence-electron chi connectivity index (χ0n) is 11.8. The molecular formula is C17H20N2O. The van der Waals surface area contributed by atoms with Crippen LogP contribution in [0.15, 0.2) is 36.7 Å². The van der Waals surface area contributed by atoms with E-state index in [4.69, 9.17) is 5.73 Å². The van der Waals surface area contributed by atoms with Crippen LogP contribution < -0.4 is 5.73 Å². The number of ketones is 1. The predicted molar refractivity (Wildman–Crippen MR) is 80.6 cm³/mol. The molecule has 2 N–H and O–H groups in total. The smallest absolute Gasteiger partial charge is 0.184 e. The summed E-state index contributed by atoms with van der Waals surface area (Å²) < 4.78 is 0. The standard InChI is InChI=1S/C17H20N2O/c1-12-5-4-8-17(18,9-12)16(20)15-11-19-10-13-6-2-3-7-14(13)15/h2-3,6-7,10-12H,4-5,8-9,18H2,1H3. The van der Waals surface area contributed by atoms with E-state index in [2.05, 4.69) is 11.9 Å². The Morgan fingerprint density at radius 3 is 2.95 bits per heavy atom. The third-order valence-electron chi connectivity index (χ3n) is 4.40. The van der Waals surface area contributed by atoms with Crippen LogP contribution in [0.2, 0.25) is 0 Å². The van der Waals surface area contributed by atoms with Crippen LogP contribution in [0.1, 0.15) is 43.0 Å². The van der Waals surface area contributed by atoms with Crippen LogP contribution in [0, 0.1) is 5.92 Å². The summed E-state index contributed by atoms with van der Waals surface area (Å²) in [6.07, 6.45) is 7.20. The molecule has 0 saturated heterocycles. The summed E-state index contributed by atoms with van der Waals surface area (Å²) in [5.74, 6) is 0.564. The molecule has 1 aliphatic carbocycles. The minimum Gasteiger partial charge on any atom is -0.319 e. The number of rotatable bonds is 2. The van der Waals surface area contributed by atoms with Crippen molar-refractivity contribution in [3.63, 3.8) is 0 Å². The summed E-state index contributed by atoms with van der Waals surface area (Å²) in [6, 6.07) is 7.86. The van der Waals surface area contributed by atoms with Gasteiger partial charge < -0.3 is 5.73 Å². The molecule has 0 spiro atoms. The van der Waals surface area contributed by atoms with E-state index in [9.17, 15) is 4.79 Å². The zero-order chi connectivity index (χ0) is 14.2. The van der Waals surface area contributed by atoms with E-state index in [0.29, 0.717) is 11.5 Å². The summed E-state index contributed by atoms with van der Waals surface area (Å²) in [4.78, 5) is 17.1. The van der Waals surface area contributed by atoms with Gasteiger partial charge in [-0.15, -0.1) is 0 Å². The van der Waals surface area contributed by atoms with Crippen molar-refractivity contribution in [1.82, 2.24) is 4.98 Å². The van der Waals surface area contributed by atoms with Crippen molar-refractivity contribution >= 4 is 16.6 Å². The van der Waals surface area contributed by atoms with E-state index in [1.165, 1.54) is 6.42 Å². The first-order valence-corrected chi connectivity index (χ1v) is 7.26. The molecule has 20 heavy (non-hydrogen) atoms. The van der Waals surface area contributed by atoms with Crippen molar-refractivity contribution in [2.75, 3.05) is 0 Å². The largest absolute Gasteiger partial charge is 0.319 e. The number of carbonyl (C=O) groups is 1. The van der Waals surface area contributed by atoms with Gasteiger partial charge in [-0.3, -0.25) is 9.78 Å². The van der Waals surface area contributed by atoms with E-state index < -0.39 is 5.54 Å². The number of pyridine rings is 1. The number of nitrogens with two attached hydrogens (primary N) is 1. The van der Waals surface area contributed by atoms with Crippen LogP contribution >= 0.6 is 0 Å². The average Bonchev–Trinajstić information content (AvgIpc) is 2.45. The number of fused-ring (bicyclic) bond motifs is 1. The molecule has 1 aliphatic rings. The van der Waals surface area contributed by atoms with Gasteiger partial charge in [0.2, 0.25) is 0 Å². The maximum Gasteiger partial charge on any atom is 0.184 e. The summed E-state index contributed by atoms with van der Waals surface area (Å²) in [7, 11) is 0. The van der Waals surface area contributed by atoms with Crippen molar-refractivity contribution in [3.05, 3.63) is 42.2 Å². The Bertz CT molecular complexity index is 647. The molecule has 2 aromatic rings. The van der Waals surface area contributed by atoms with Crippen molar-refractivity contribution in [3.8, 4) is 0 Å². The molecule has 0 radical (unpaired) electrons. The lowest BCUT2D eigenvalue weighted by molar-refractivity contribution is 0.0821. The number of hydrogen-bond acceptors (Lipinski definition) is 3. The van der Waals surface area contributed by atoms with Crippen LogP contribution in [0.25, 0.3) is 10.8 Å². The van der Waals surface area contributed by atoms with Gasteiger partial charge in [-0.05, 0) is 24.1 Å². The highest BCUT2D eigenvalue weighted by molar-refractivity contribution is 6.12. The second-order valence-electron chi connectivity index (χ2n) is 6.09. The van der Waals surface area contributed by atoms with Gasteiger partial charge in [-0.25, -0.2) is 0 Å². The molecule has 3 heteroatoms. The van der Waals surface area contributed by atoms with Crippen molar-refractivity contribution in [1.29, 1.82) is 0 Å². The molecule has 104 valence electrons. The monoisotopic (exact) mass is 268 g/mol. The highest BCUT2D eigenvalue weighted by atomic mass is 16.1. The summed E-state index contributed by atoms with van der Waals surface area (Å²) in [6.45, 7) is 2.18. The first-order valence-electron chi connectivity index (χ1n) is 7.26. The lowest BCUT2D eigenvalue weighted by Gasteiger charge is -2.35. The van der Waals surface area contributed by atoms with Gasteiger partial charge in [0.15, 0.2) is 5.78 Å². The average molecular weight is 268 g/mol. The molecule has 1 fully saturated rings. The van der Waals surface area contributed by atoms with Gasteiger partial charge in [-0.1, -0.05) is 44.0 Å². The van der Waals surface area contributed by atoms with Gasteiger partial charge in [-0.2, -0.15) is 0 Å². The van der Waals surface area contributed by atoms with Gasteiger partial charge in [0.1, 0.15) is 0 Å². The van der Waals surface area contributed by atoms with Crippen LogP contribution in [-0.4, -0.2) is 16.3 Å². The Balaban J connectivity index is 2.04. The Morgan fingerprint density at radius 1 is 1.35 bits per heavy atom. The number of nitrogens with zero attached hydrogens (tertiary/aromatic N) is 1. The molecule has 0 bridgehead atoms. The SMILES string of the molecule is CC1CCCC(N)(C(=O)c2cncc3ccccc23)C1.